The largest absolute Gasteiger partial charge is 0.390 e. The van der Waals surface area contributed by atoms with Crippen molar-refractivity contribution >= 4 is 10.0 Å². The number of nitrogens with one attached hydrogen (secondary N) is 1. The highest BCUT2D eigenvalue weighted by Crippen LogP contribution is 2.14. The lowest BCUT2D eigenvalue weighted by Crippen LogP contribution is -2.23. The lowest BCUT2D eigenvalue weighted by atomic mass is 10.2. The molecule has 2 N–H and O–H groups in total. The van der Waals surface area contributed by atoms with Crippen LogP contribution in [0.3, 0.4) is 0 Å². The van der Waals surface area contributed by atoms with E-state index in [0.717, 1.165) is 5.56 Å². The van der Waals surface area contributed by atoms with Gasteiger partial charge in [0.25, 0.3) is 0 Å². The molecule has 2 heterocycles. The number of sulfonamides is 1. The van der Waals surface area contributed by atoms with Crippen LogP contribution in [0.2, 0.25) is 0 Å². The SMILES string of the molecule is Cc1cccnc1CNS(=O)(=O)c1cc(CO)n(C)c1. The molecule has 0 spiro atoms. The Morgan fingerprint density at radius 1 is 1.45 bits per heavy atom. The molecule has 0 amide bonds. The van der Waals surface area contributed by atoms with E-state index in [1.807, 2.05) is 13.0 Å². The van der Waals surface area contributed by atoms with Crippen LogP contribution >= 0.6 is 0 Å². The van der Waals surface area contributed by atoms with Crippen molar-refractivity contribution < 1.29 is 13.5 Å². The molecule has 0 unspecified atom stereocenters. The summed E-state index contributed by atoms with van der Waals surface area (Å²) in [7, 11) is -1.92. The Labute approximate surface area is 118 Å². The Morgan fingerprint density at radius 3 is 2.80 bits per heavy atom. The molecule has 0 saturated heterocycles. The van der Waals surface area contributed by atoms with Crippen molar-refractivity contribution in [1.82, 2.24) is 14.3 Å². The van der Waals surface area contributed by atoms with Gasteiger partial charge in [-0.3, -0.25) is 4.98 Å². The summed E-state index contributed by atoms with van der Waals surface area (Å²) in [5.41, 5.74) is 2.16. The first-order valence-electron chi connectivity index (χ1n) is 6.10. The summed E-state index contributed by atoms with van der Waals surface area (Å²) in [6.07, 6.45) is 3.10. The number of aromatic nitrogens is 2. The minimum absolute atomic E-state index is 0.137. The number of aliphatic hydroxyl groups is 1. The van der Waals surface area contributed by atoms with Crippen molar-refractivity contribution in [3.8, 4) is 0 Å². The van der Waals surface area contributed by atoms with Gasteiger partial charge in [0.1, 0.15) is 0 Å². The van der Waals surface area contributed by atoms with E-state index >= 15 is 0 Å². The third-order valence-electron chi connectivity index (χ3n) is 3.10. The van der Waals surface area contributed by atoms with E-state index in [2.05, 4.69) is 9.71 Å². The van der Waals surface area contributed by atoms with Crippen LogP contribution in [0.15, 0.2) is 35.5 Å². The second-order valence-electron chi connectivity index (χ2n) is 4.53. The van der Waals surface area contributed by atoms with Gasteiger partial charge >= 0.3 is 0 Å². The van der Waals surface area contributed by atoms with Crippen molar-refractivity contribution in [1.29, 1.82) is 0 Å². The van der Waals surface area contributed by atoms with E-state index in [4.69, 9.17) is 5.11 Å². The first-order valence-corrected chi connectivity index (χ1v) is 7.58. The zero-order chi connectivity index (χ0) is 14.8. The van der Waals surface area contributed by atoms with Crippen LogP contribution in [0.4, 0.5) is 0 Å². The van der Waals surface area contributed by atoms with E-state index in [9.17, 15) is 8.42 Å². The van der Waals surface area contributed by atoms with Gasteiger partial charge in [-0.2, -0.15) is 0 Å². The van der Waals surface area contributed by atoms with Gasteiger partial charge in [-0.15, -0.1) is 0 Å². The Kier molecular flexibility index (Phi) is 4.22. The average molecular weight is 295 g/mol. The maximum absolute atomic E-state index is 12.2. The molecule has 2 aromatic heterocycles. The van der Waals surface area contributed by atoms with Crippen LogP contribution in [0.5, 0.6) is 0 Å². The summed E-state index contributed by atoms with van der Waals surface area (Å²) in [4.78, 5) is 4.28. The average Bonchev–Trinajstić information content (AvgIpc) is 2.80. The maximum atomic E-state index is 12.2. The van der Waals surface area contributed by atoms with Crippen LogP contribution in [0, 0.1) is 6.92 Å². The lowest BCUT2D eigenvalue weighted by Gasteiger charge is -2.06. The van der Waals surface area contributed by atoms with Gasteiger partial charge in [0.2, 0.25) is 10.0 Å². The summed E-state index contributed by atoms with van der Waals surface area (Å²) >= 11 is 0. The molecule has 108 valence electrons. The molecule has 2 rings (SSSR count). The van der Waals surface area contributed by atoms with Crippen LogP contribution in [0.25, 0.3) is 0 Å². The topological polar surface area (TPSA) is 84.2 Å². The van der Waals surface area contributed by atoms with Gasteiger partial charge in [0.15, 0.2) is 0 Å². The molecule has 20 heavy (non-hydrogen) atoms. The summed E-state index contributed by atoms with van der Waals surface area (Å²) in [6.45, 7) is 1.81. The van der Waals surface area contributed by atoms with E-state index in [-0.39, 0.29) is 18.0 Å². The number of hydrogen-bond acceptors (Lipinski definition) is 4. The number of rotatable bonds is 5. The highest BCUT2D eigenvalue weighted by atomic mass is 32.2. The van der Waals surface area contributed by atoms with Gasteiger partial charge in [0.05, 0.1) is 23.7 Å². The van der Waals surface area contributed by atoms with E-state index in [1.165, 1.54) is 12.3 Å². The minimum Gasteiger partial charge on any atom is -0.390 e. The molecule has 2 aromatic rings. The lowest BCUT2D eigenvalue weighted by molar-refractivity contribution is 0.272. The van der Waals surface area contributed by atoms with Gasteiger partial charge in [0, 0.05) is 25.1 Å². The Bertz CT molecular complexity index is 707. The van der Waals surface area contributed by atoms with Crippen molar-refractivity contribution in [2.75, 3.05) is 0 Å². The van der Waals surface area contributed by atoms with Crippen molar-refractivity contribution in [3.63, 3.8) is 0 Å². The first-order chi connectivity index (χ1) is 9.44. The van der Waals surface area contributed by atoms with Gasteiger partial charge in [-0.05, 0) is 24.6 Å². The third-order valence-corrected chi connectivity index (χ3v) is 4.47. The number of aryl methyl sites for hydroxylation is 2. The summed E-state index contributed by atoms with van der Waals surface area (Å²) in [5.74, 6) is 0. The highest BCUT2D eigenvalue weighted by Gasteiger charge is 2.17. The standard InChI is InChI=1S/C13H17N3O3S/c1-10-4-3-5-14-13(10)7-15-20(18,19)12-6-11(9-17)16(2)8-12/h3-6,8,15,17H,7,9H2,1-2H3. The molecule has 0 fully saturated rings. The quantitative estimate of drug-likeness (QED) is 0.850. The first kappa shape index (κ1) is 14.7. The maximum Gasteiger partial charge on any atom is 0.242 e. The molecule has 0 bridgehead atoms. The molecule has 6 nitrogen and oxygen atoms in total. The summed E-state index contributed by atoms with van der Waals surface area (Å²) in [5, 5.41) is 9.10. The molecule has 0 radical (unpaired) electrons. The molecular formula is C13H17N3O3S. The Balaban J connectivity index is 2.17. The molecule has 0 aliphatic rings. The predicted octanol–water partition coefficient (Wildman–Crippen LogP) is 0.699. The van der Waals surface area contributed by atoms with Crippen LogP contribution in [-0.2, 0) is 30.2 Å². The zero-order valence-corrected chi connectivity index (χ0v) is 12.2. The molecule has 0 atom stereocenters. The monoisotopic (exact) mass is 295 g/mol. The Morgan fingerprint density at radius 2 is 2.20 bits per heavy atom. The van der Waals surface area contributed by atoms with Crippen LogP contribution < -0.4 is 4.72 Å². The van der Waals surface area contributed by atoms with Crippen LogP contribution in [-0.4, -0.2) is 23.1 Å². The molecule has 0 aliphatic carbocycles. The zero-order valence-electron chi connectivity index (χ0n) is 11.4. The number of nitrogens with zero attached hydrogens (tertiary/aromatic N) is 2. The van der Waals surface area contributed by atoms with Crippen molar-refractivity contribution in [3.05, 3.63) is 47.5 Å². The van der Waals surface area contributed by atoms with E-state index < -0.39 is 10.0 Å². The van der Waals surface area contributed by atoms with E-state index in [1.54, 1.807) is 23.9 Å². The third kappa shape index (κ3) is 3.06. The number of hydrogen-bond donors (Lipinski definition) is 2. The van der Waals surface area contributed by atoms with Crippen LogP contribution in [0.1, 0.15) is 17.0 Å². The Hall–Kier alpha value is -1.70. The number of pyridine rings is 1. The van der Waals surface area contributed by atoms with Crippen molar-refractivity contribution in [2.45, 2.75) is 25.0 Å². The summed E-state index contributed by atoms with van der Waals surface area (Å²) < 4.78 is 28.4. The molecule has 7 heteroatoms. The minimum atomic E-state index is -3.61. The fourth-order valence-electron chi connectivity index (χ4n) is 1.83. The molecule has 0 aromatic carbocycles. The molecular weight excluding hydrogens is 278 g/mol. The molecule has 0 aliphatic heterocycles. The normalized spacial score (nSPS) is 11.8. The summed E-state index contributed by atoms with van der Waals surface area (Å²) in [6, 6.07) is 5.13. The van der Waals surface area contributed by atoms with Gasteiger partial charge in [-0.25, -0.2) is 13.1 Å². The predicted molar refractivity (Wildman–Crippen MR) is 74.3 cm³/mol. The molecule has 0 saturated carbocycles. The number of aliphatic hydroxyl groups excluding tert-OH is 1. The van der Waals surface area contributed by atoms with Crippen molar-refractivity contribution in [2.24, 2.45) is 7.05 Å². The smallest absolute Gasteiger partial charge is 0.242 e. The second kappa shape index (κ2) is 5.74. The fraction of sp³-hybridized carbons (Fsp3) is 0.308. The van der Waals surface area contributed by atoms with E-state index in [0.29, 0.717) is 11.4 Å². The second-order valence-corrected chi connectivity index (χ2v) is 6.29. The van der Waals surface area contributed by atoms with Gasteiger partial charge < -0.3 is 9.67 Å². The highest BCUT2D eigenvalue weighted by molar-refractivity contribution is 7.89. The van der Waals surface area contributed by atoms with Gasteiger partial charge in [-0.1, -0.05) is 6.07 Å². The fourth-order valence-corrected chi connectivity index (χ4v) is 2.91.